The van der Waals surface area contributed by atoms with E-state index in [1.807, 2.05) is 0 Å². The van der Waals surface area contributed by atoms with E-state index in [0.29, 0.717) is 24.2 Å². The minimum atomic E-state index is -0.716. The van der Waals surface area contributed by atoms with Gasteiger partial charge in [0.2, 0.25) is 11.8 Å². The maximum absolute atomic E-state index is 12.2. The van der Waals surface area contributed by atoms with Gasteiger partial charge in [-0.25, -0.2) is 0 Å². The zero-order valence-corrected chi connectivity index (χ0v) is 11.3. The summed E-state index contributed by atoms with van der Waals surface area (Å²) in [5.74, 6) is -1.46. The van der Waals surface area contributed by atoms with E-state index in [-0.39, 0.29) is 23.6 Å². The lowest BCUT2D eigenvalue weighted by molar-refractivity contribution is -0.121. The summed E-state index contributed by atoms with van der Waals surface area (Å²) >= 11 is 0. The Hall–Kier alpha value is -2.38. The molecular formula is C12H17N5O3. The number of aromatic amines is 1. The second-order valence-corrected chi connectivity index (χ2v) is 4.93. The van der Waals surface area contributed by atoms with E-state index in [1.165, 1.54) is 0 Å². The maximum atomic E-state index is 12.2. The largest absolute Gasteiger partial charge is 0.364 e. The molecule has 1 fully saturated rings. The number of anilines is 1. The summed E-state index contributed by atoms with van der Waals surface area (Å²) < 4.78 is 0. The molecule has 0 bridgehead atoms. The van der Waals surface area contributed by atoms with Crippen LogP contribution in [0.15, 0.2) is 0 Å². The van der Waals surface area contributed by atoms with Gasteiger partial charge in [-0.2, -0.15) is 5.10 Å². The van der Waals surface area contributed by atoms with Crippen molar-refractivity contribution in [1.82, 2.24) is 15.5 Å². The lowest BCUT2D eigenvalue weighted by atomic mass is 9.99. The number of hydrogen-bond donors (Lipinski definition) is 4. The highest BCUT2D eigenvalue weighted by molar-refractivity contribution is 6.03. The van der Waals surface area contributed by atoms with Crippen LogP contribution in [0.3, 0.4) is 0 Å². The second kappa shape index (κ2) is 5.32. The summed E-state index contributed by atoms with van der Waals surface area (Å²) in [5, 5.41) is 11.8. The van der Waals surface area contributed by atoms with E-state index in [4.69, 9.17) is 5.73 Å². The number of aryl methyl sites for hydroxylation is 1. The fourth-order valence-electron chi connectivity index (χ4n) is 2.19. The van der Waals surface area contributed by atoms with Gasteiger partial charge in [0, 0.05) is 12.5 Å². The highest BCUT2D eigenvalue weighted by Crippen LogP contribution is 2.21. The van der Waals surface area contributed by atoms with Crippen molar-refractivity contribution in [2.24, 2.45) is 11.7 Å². The van der Waals surface area contributed by atoms with Crippen molar-refractivity contribution in [3.63, 3.8) is 0 Å². The van der Waals surface area contributed by atoms with Gasteiger partial charge in [0.15, 0.2) is 5.69 Å². The third-order valence-electron chi connectivity index (χ3n) is 3.47. The third-order valence-corrected chi connectivity index (χ3v) is 3.47. The van der Waals surface area contributed by atoms with Crippen LogP contribution in [0.5, 0.6) is 0 Å². The zero-order valence-electron chi connectivity index (χ0n) is 11.3. The minimum absolute atomic E-state index is 0.00138. The number of hydrogen-bond acceptors (Lipinski definition) is 4. The molecule has 2 heterocycles. The quantitative estimate of drug-likeness (QED) is 0.601. The van der Waals surface area contributed by atoms with Crippen LogP contribution < -0.4 is 16.4 Å². The number of nitrogens with one attached hydrogen (secondary N) is 3. The van der Waals surface area contributed by atoms with Crippen LogP contribution in [0.2, 0.25) is 0 Å². The van der Waals surface area contributed by atoms with Crippen molar-refractivity contribution in [2.75, 3.05) is 5.32 Å². The van der Waals surface area contributed by atoms with Crippen LogP contribution in [-0.4, -0.2) is 34.0 Å². The van der Waals surface area contributed by atoms with Gasteiger partial charge in [-0.3, -0.25) is 19.5 Å². The van der Waals surface area contributed by atoms with Crippen molar-refractivity contribution in [3.05, 3.63) is 11.4 Å². The SMILES string of the molecule is Cc1[nH]nc(C(N)=O)c1NC(=O)C(C)C1CCC(=O)N1. The lowest BCUT2D eigenvalue weighted by Gasteiger charge is -2.18. The number of aromatic nitrogens is 2. The average molecular weight is 279 g/mol. The molecule has 0 saturated carbocycles. The Balaban J connectivity index is 2.10. The van der Waals surface area contributed by atoms with Gasteiger partial charge in [0.05, 0.1) is 17.3 Å². The highest BCUT2D eigenvalue weighted by atomic mass is 16.2. The van der Waals surface area contributed by atoms with Crippen LogP contribution in [0, 0.1) is 12.8 Å². The van der Waals surface area contributed by atoms with Crippen LogP contribution in [0.25, 0.3) is 0 Å². The van der Waals surface area contributed by atoms with Crippen LogP contribution in [0.4, 0.5) is 5.69 Å². The number of nitrogens with zero attached hydrogens (tertiary/aromatic N) is 1. The Kier molecular flexibility index (Phi) is 3.73. The number of H-pyrrole nitrogens is 1. The van der Waals surface area contributed by atoms with E-state index in [1.54, 1.807) is 13.8 Å². The molecule has 1 aromatic rings. The summed E-state index contributed by atoms with van der Waals surface area (Å²) in [6.07, 6.45) is 1.06. The molecule has 20 heavy (non-hydrogen) atoms. The Morgan fingerprint density at radius 3 is 2.75 bits per heavy atom. The normalized spacial score (nSPS) is 19.5. The van der Waals surface area contributed by atoms with Gasteiger partial charge in [-0.1, -0.05) is 6.92 Å². The smallest absolute Gasteiger partial charge is 0.271 e. The van der Waals surface area contributed by atoms with Crippen molar-refractivity contribution in [3.8, 4) is 0 Å². The van der Waals surface area contributed by atoms with Crippen LogP contribution in [-0.2, 0) is 9.59 Å². The van der Waals surface area contributed by atoms with Gasteiger partial charge in [0.1, 0.15) is 0 Å². The molecule has 1 aliphatic rings. The average Bonchev–Trinajstić information content (AvgIpc) is 2.96. The summed E-state index contributed by atoms with van der Waals surface area (Å²) in [6.45, 7) is 3.40. The molecule has 2 atom stereocenters. The molecule has 1 saturated heterocycles. The van der Waals surface area contributed by atoms with E-state index in [2.05, 4.69) is 20.8 Å². The van der Waals surface area contributed by atoms with Gasteiger partial charge in [-0.05, 0) is 13.3 Å². The highest BCUT2D eigenvalue weighted by Gasteiger charge is 2.31. The number of nitrogens with two attached hydrogens (primary N) is 1. The molecule has 5 N–H and O–H groups in total. The van der Waals surface area contributed by atoms with Crippen molar-refractivity contribution in [2.45, 2.75) is 32.7 Å². The lowest BCUT2D eigenvalue weighted by Crippen LogP contribution is -2.38. The minimum Gasteiger partial charge on any atom is -0.364 e. The third kappa shape index (κ3) is 2.63. The molecule has 2 unspecified atom stereocenters. The Labute approximate surface area is 115 Å². The first kappa shape index (κ1) is 14.0. The van der Waals surface area contributed by atoms with Gasteiger partial charge >= 0.3 is 0 Å². The molecule has 108 valence electrons. The molecule has 8 nitrogen and oxygen atoms in total. The first-order chi connectivity index (χ1) is 9.40. The van der Waals surface area contributed by atoms with E-state index < -0.39 is 11.8 Å². The number of rotatable bonds is 4. The zero-order chi connectivity index (χ0) is 14.9. The van der Waals surface area contributed by atoms with Crippen molar-refractivity contribution in [1.29, 1.82) is 0 Å². The monoisotopic (exact) mass is 279 g/mol. The second-order valence-electron chi connectivity index (χ2n) is 4.93. The van der Waals surface area contributed by atoms with E-state index in [9.17, 15) is 14.4 Å². The predicted molar refractivity (Wildman–Crippen MR) is 70.8 cm³/mol. The summed E-state index contributed by atoms with van der Waals surface area (Å²) in [4.78, 5) is 34.6. The molecule has 1 aromatic heterocycles. The first-order valence-corrected chi connectivity index (χ1v) is 6.35. The van der Waals surface area contributed by atoms with Gasteiger partial charge < -0.3 is 16.4 Å². The maximum Gasteiger partial charge on any atom is 0.271 e. The molecule has 1 aliphatic heterocycles. The molecule has 0 aromatic carbocycles. The number of carbonyl (C=O) groups is 3. The molecule has 0 radical (unpaired) electrons. The van der Waals surface area contributed by atoms with Gasteiger partial charge in [0.25, 0.3) is 5.91 Å². The fraction of sp³-hybridized carbons (Fsp3) is 0.500. The van der Waals surface area contributed by atoms with Gasteiger partial charge in [-0.15, -0.1) is 0 Å². The fourth-order valence-corrected chi connectivity index (χ4v) is 2.19. The number of carbonyl (C=O) groups excluding carboxylic acids is 3. The predicted octanol–water partition coefficient (Wildman–Crippen LogP) is -0.330. The molecule has 8 heteroatoms. The topological polar surface area (TPSA) is 130 Å². The Morgan fingerprint density at radius 2 is 2.20 bits per heavy atom. The van der Waals surface area contributed by atoms with Crippen LogP contribution in [0.1, 0.15) is 35.9 Å². The summed E-state index contributed by atoms with van der Waals surface area (Å²) in [7, 11) is 0. The molecule has 2 rings (SSSR count). The molecule has 0 spiro atoms. The van der Waals surface area contributed by atoms with Crippen LogP contribution >= 0.6 is 0 Å². The molecular weight excluding hydrogens is 262 g/mol. The summed E-state index contributed by atoms with van der Waals surface area (Å²) in [5.41, 5.74) is 6.03. The molecule has 0 aliphatic carbocycles. The van der Waals surface area contributed by atoms with E-state index >= 15 is 0 Å². The van der Waals surface area contributed by atoms with Crippen molar-refractivity contribution >= 4 is 23.4 Å². The number of primary amides is 1. The molecule has 3 amide bonds. The Bertz CT molecular complexity index is 565. The number of amides is 3. The van der Waals surface area contributed by atoms with E-state index in [0.717, 1.165) is 0 Å². The summed E-state index contributed by atoms with van der Waals surface area (Å²) in [6, 6.07) is -0.188. The Morgan fingerprint density at radius 1 is 1.50 bits per heavy atom. The standard InChI is InChI=1S/C12H17N5O3/c1-5(7-3-4-8(18)14-7)12(20)15-9-6(2)16-17-10(9)11(13)19/h5,7H,3-4H2,1-2H3,(H2,13,19)(H,14,18)(H,15,20)(H,16,17). The first-order valence-electron chi connectivity index (χ1n) is 6.35. The van der Waals surface area contributed by atoms with Crippen molar-refractivity contribution < 1.29 is 14.4 Å².